The largest absolute Gasteiger partial charge is 0.494 e. The van der Waals surface area contributed by atoms with Gasteiger partial charge in [-0.2, -0.15) is 0 Å². The highest BCUT2D eigenvalue weighted by Crippen LogP contribution is 2.65. The fourth-order valence-corrected chi connectivity index (χ4v) is 6.05. The number of aromatic nitrogens is 2. The van der Waals surface area contributed by atoms with Gasteiger partial charge in [-0.05, 0) is 48.7 Å². The predicted octanol–water partition coefficient (Wildman–Crippen LogP) is 6.21. The van der Waals surface area contributed by atoms with Gasteiger partial charge in [-0.25, -0.2) is 9.83 Å². The Morgan fingerprint density at radius 3 is 2.51 bits per heavy atom. The molecule has 1 fully saturated rings. The lowest BCUT2D eigenvalue weighted by atomic mass is 9.78. The van der Waals surface area contributed by atoms with E-state index >= 15 is 0 Å². The molecule has 3 aromatic carbocycles. The number of para-hydroxylation sites is 2. The standard InChI is InChI=1S/C28H21N3O4/c1-27-13-14-28(35-27,15-22-30-19-9-5-6-10-21(19)34-22)24-23(27)25(32)31(26(24)33)20-12-11-18(29-2)16-7-3-4-8-17(16)20/h3-12,32-33H,13-15H2,1H3. The second kappa shape index (κ2) is 6.65. The first-order valence-electron chi connectivity index (χ1n) is 11.6. The van der Waals surface area contributed by atoms with E-state index in [9.17, 15) is 10.2 Å². The molecule has 0 amide bonds. The molecule has 2 bridgehead atoms. The Hall–Kier alpha value is -4.28. The molecule has 0 aliphatic carbocycles. The fourth-order valence-electron chi connectivity index (χ4n) is 6.05. The second-order valence-corrected chi connectivity index (χ2v) is 9.57. The molecule has 1 saturated heterocycles. The quantitative estimate of drug-likeness (QED) is 0.311. The molecule has 7 nitrogen and oxygen atoms in total. The highest BCUT2D eigenvalue weighted by atomic mass is 16.5. The molecular weight excluding hydrogens is 442 g/mol. The maximum atomic E-state index is 11.6. The van der Waals surface area contributed by atoms with Crippen molar-refractivity contribution in [3.8, 4) is 17.4 Å². The monoisotopic (exact) mass is 463 g/mol. The third-order valence-corrected chi connectivity index (χ3v) is 7.55. The van der Waals surface area contributed by atoms with Crippen LogP contribution in [0.1, 0.15) is 36.8 Å². The summed E-state index contributed by atoms with van der Waals surface area (Å²) in [6, 6.07) is 18.6. The van der Waals surface area contributed by atoms with Crippen LogP contribution in [-0.4, -0.2) is 19.8 Å². The van der Waals surface area contributed by atoms with Crippen molar-refractivity contribution in [3.63, 3.8) is 0 Å². The van der Waals surface area contributed by atoms with Crippen LogP contribution in [0.15, 0.2) is 65.1 Å². The molecule has 5 aromatic rings. The zero-order chi connectivity index (χ0) is 23.9. The van der Waals surface area contributed by atoms with E-state index in [1.165, 1.54) is 4.57 Å². The number of aromatic hydroxyl groups is 2. The first kappa shape index (κ1) is 20.1. The molecule has 2 N–H and O–H groups in total. The smallest absolute Gasteiger partial charge is 0.205 e. The zero-order valence-corrected chi connectivity index (χ0v) is 18.9. The molecule has 2 aliphatic rings. The lowest BCUT2D eigenvalue weighted by Gasteiger charge is -2.24. The van der Waals surface area contributed by atoms with Crippen molar-refractivity contribution in [2.45, 2.75) is 37.4 Å². The Kier molecular flexibility index (Phi) is 3.82. The van der Waals surface area contributed by atoms with Gasteiger partial charge < -0.3 is 19.4 Å². The first-order chi connectivity index (χ1) is 16.9. The van der Waals surface area contributed by atoms with Crippen LogP contribution < -0.4 is 0 Å². The van der Waals surface area contributed by atoms with Gasteiger partial charge in [0.1, 0.15) is 11.1 Å². The minimum atomic E-state index is -0.857. The molecule has 2 aromatic heterocycles. The Labute approximate surface area is 200 Å². The predicted molar refractivity (Wildman–Crippen MR) is 130 cm³/mol. The topological polar surface area (TPSA) is 85.0 Å². The number of benzene rings is 3. The average molecular weight is 463 g/mol. The minimum Gasteiger partial charge on any atom is -0.494 e. The summed E-state index contributed by atoms with van der Waals surface area (Å²) in [5, 5.41) is 24.6. The maximum Gasteiger partial charge on any atom is 0.205 e. The van der Waals surface area contributed by atoms with Crippen LogP contribution in [-0.2, 0) is 22.4 Å². The molecule has 172 valence electrons. The number of hydrogen-bond donors (Lipinski definition) is 2. The van der Waals surface area contributed by atoms with E-state index in [-0.39, 0.29) is 11.8 Å². The van der Waals surface area contributed by atoms with E-state index in [4.69, 9.17) is 15.7 Å². The van der Waals surface area contributed by atoms with Crippen LogP contribution in [0.2, 0.25) is 0 Å². The molecule has 2 unspecified atom stereocenters. The van der Waals surface area contributed by atoms with Crippen LogP contribution in [0.4, 0.5) is 5.69 Å². The minimum absolute atomic E-state index is 0.0418. The molecule has 2 atom stereocenters. The molecular formula is C28H21N3O4. The van der Waals surface area contributed by atoms with E-state index in [2.05, 4.69) is 9.83 Å². The van der Waals surface area contributed by atoms with Gasteiger partial charge in [0.2, 0.25) is 11.8 Å². The molecule has 7 heteroatoms. The van der Waals surface area contributed by atoms with Gasteiger partial charge in [0.25, 0.3) is 0 Å². The van der Waals surface area contributed by atoms with Crippen LogP contribution in [0, 0.1) is 6.57 Å². The summed E-state index contributed by atoms with van der Waals surface area (Å²) in [5.41, 5.74) is 2.20. The lowest BCUT2D eigenvalue weighted by molar-refractivity contribution is -0.0811. The van der Waals surface area contributed by atoms with Crippen molar-refractivity contribution >= 4 is 27.6 Å². The summed E-state index contributed by atoms with van der Waals surface area (Å²) in [4.78, 5) is 8.26. The summed E-state index contributed by atoms with van der Waals surface area (Å²) in [7, 11) is 0. The molecule has 2 aliphatic heterocycles. The highest BCUT2D eigenvalue weighted by molar-refractivity contribution is 6.00. The molecule has 0 radical (unpaired) electrons. The van der Waals surface area contributed by atoms with E-state index in [1.807, 2.05) is 55.5 Å². The normalized spacial score (nSPS) is 22.6. The van der Waals surface area contributed by atoms with Crippen LogP contribution >= 0.6 is 0 Å². The van der Waals surface area contributed by atoms with E-state index in [0.717, 1.165) is 16.3 Å². The Bertz CT molecular complexity index is 1690. The number of ether oxygens (including phenoxy) is 1. The number of hydrogen-bond acceptors (Lipinski definition) is 5. The Balaban J connectivity index is 1.43. The van der Waals surface area contributed by atoms with Crippen molar-refractivity contribution in [1.82, 2.24) is 9.55 Å². The highest BCUT2D eigenvalue weighted by Gasteiger charge is 2.62. The number of fused-ring (bicyclic) bond motifs is 7. The molecule has 35 heavy (non-hydrogen) atoms. The van der Waals surface area contributed by atoms with Gasteiger partial charge in [0.05, 0.1) is 35.4 Å². The van der Waals surface area contributed by atoms with Gasteiger partial charge in [0.15, 0.2) is 17.2 Å². The summed E-state index contributed by atoms with van der Waals surface area (Å²) in [6.45, 7) is 9.46. The van der Waals surface area contributed by atoms with Gasteiger partial charge in [-0.1, -0.05) is 42.5 Å². The first-order valence-corrected chi connectivity index (χ1v) is 11.6. The number of oxazole rings is 1. The molecule has 4 heterocycles. The SMILES string of the molecule is [C-]#[N+]c1ccc(-n2c(O)c3c(c2O)C2(Cc4nc5ccccc5o4)CCC3(C)O2)c2ccccc12. The molecule has 7 rings (SSSR count). The lowest BCUT2D eigenvalue weighted by Crippen LogP contribution is -2.26. The summed E-state index contributed by atoms with van der Waals surface area (Å²) in [5.74, 6) is 0.430. The zero-order valence-electron chi connectivity index (χ0n) is 18.9. The molecule has 0 spiro atoms. The third-order valence-electron chi connectivity index (χ3n) is 7.55. The van der Waals surface area contributed by atoms with Crippen molar-refractivity contribution in [3.05, 3.63) is 89.1 Å². The van der Waals surface area contributed by atoms with Crippen molar-refractivity contribution in [1.29, 1.82) is 0 Å². The van der Waals surface area contributed by atoms with Crippen LogP contribution in [0.5, 0.6) is 11.8 Å². The molecule has 0 saturated carbocycles. The maximum absolute atomic E-state index is 11.6. The third kappa shape index (κ3) is 2.55. The van der Waals surface area contributed by atoms with Crippen molar-refractivity contribution in [2.24, 2.45) is 0 Å². The van der Waals surface area contributed by atoms with Crippen LogP contribution in [0.3, 0.4) is 0 Å². The van der Waals surface area contributed by atoms with Gasteiger partial charge >= 0.3 is 0 Å². The van der Waals surface area contributed by atoms with E-state index < -0.39 is 11.2 Å². The van der Waals surface area contributed by atoms with Crippen molar-refractivity contribution in [2.75, 3.05) is 0 Å². The van der Waals surface area contributed by atoms with Crippen LogP contribution in [0.25, 0.3) is 32.4 Å². The number of rotatable bonds is 3. The Morgan fingerprint density at radius 2 is 1.71 bits per heavy atom. The summed E-state index contributed by atoms with van der Waals surface area (Å²) < 4.78 is 14.0. The Morgan fingerprint density at radius 1 is 0.971 bits per heavy atom. The second-order valence-electron chi connectivity index (χ2n) is 9.57. The van der Waals surface area contributed by atoms with E-state index in [1.54, 1.807) is 12.1 Å². The summed E-state index contributed by atoms with van der Waals surface area (Å²) in [6.07, 6.45) is 1.72. The van der Waals surface area contributed by atoms with Gasteiger partial charge in [-0.3, -0.25) is 4.57 Å². The number of nitrogens with zero attached hydrogens (tertiary/aromatic N) is 3. The van der Waals surface area contributed by atoms with Crippen molar-refractivity contribution < 1.29 is 19.4 Å². The fraction of sp³-hybridized carbons (Fsp3) is 0.214. The van der Waals surface area contributed by atoms with Gasteiger partial charge in [-0.15, -0.1) is 0 Å². The van der Waals surface area contributed by atoms with E-state index in [0.29, 0.717) is 53.2 Å². The average Bonchev–Trinajstić information content (AvgIpc) is 3.56. The summed E-state index contributed by atoms with van der Waals surface area (Å²) >= 11 is 0. The van der Waals surface area contributed by atoms with Gasteiger partial charge in [0, 0.05) is 0 Å².